The Labute approximate surface area is 135 Å². The van der Waals surface area contributed by atoms with E-state index in [9.17, 15) is 0 Å². The van der Waals surface area contributed by atoms with E-state index in [0.717, 1.165) is 12.3 Å². The third-order valence-corrected chi connectivity index (χ3v) is 5.88. The Hall–Kier alpha value is -1.28. The Kier molecular flexibility index (Phi) is 4.58. The van der Waals surface area contributed by atoms with E-state index in [1.807, 2.05) is 0 Å². The molecule has 0 amide bonds. The quantitative estimate of drug-likeness (QED) is 0.794. The van der Waals surface area contributed by atoms with Gasteiger partial charge in [0.15, 0.2) is 0 Å². The first-order valence-corrected chi connectivity index (χ1v) is 8.75. The number of ether oxygens (including phenoxy) is 1. The van der Waals surface area contributed by atoms with E-state index in [4.69, 9.17) is 4.74 Å². The van der Waals surface area contributed by atoms with E-state index in [-0.39, 0.29) is 0 Å². The van der Waals surface area contributed by atoms with Crippen LogP contribution in [0.25, 0.3) is 6.08 Å². The molecular weight excluding hydrogens is 270 g/mol. The first-order valence-electron chi connectivity index (χ1n) is 8.75. The molecule has 120 valence electrons. The zero-order valence-corrected chi connectivity index (χ0v) is 14.3. The van der Waals surface area contributed by atoms with Crippen molar-refractivity contribution in [3.8, 4) is 5.75 Å². The summed E-state index contributed by atoms with van der Waals surface area (Å²) in [6, 6.07) is 6.64. The summed E-state index contributed by atoms with van der Waals surface area (Å²) in [5, 5.41) is 0. The van der Waals surface area contributed by atoms with Gasteiger partial charge in [0.1, 0.15) is 5.75 Å². The Morgan fingerprint density at radius 2 is 2.18 bits per heavy atom. The van der Waals surface area contributed by atoms with Gasteiger partial charge in [-0.2, -0.15) is 0 Å². The topological polar surface area (TPSA) is 12.5 Å². The van der Waals surface area contributed by atoms with Crippen molar-refractivity contribution in [2.75, 3.05) is 27.2 Å². The van der Waals surface area contributed by atoms with Crippen LogP contribution in [-0.4, -0.2) is 32.1 Å². The molecule has 1 fully saturated rings. The van der Waals surface area contributed by atoms with Crippen LogP contribution in [0.5, 0.6) is 5.75 Å². The first-order chi connectivity index (χ1) is 10.7. The van der Waals surface area contributed by atoms with Gasteiger partial charge in [-0.15, -0.1) is 0 Å². The normalized spacial score (nSPS) is 26.6. The summed E-state index contributed by atoms with van der Waals surface area (Å²) < 4.78 is 5.52. The molecule has 0 aliphatic heterocycles. The summed E-state index contributed by atoms with van der Waals surface area (Å²) in [5.74, 6) is 1.70. The van der Waals surface area contributed by atoms with Gasteiger partial charge in [0, 0.05) is 5.41 Å². The lowest BCUT2D eigenvalue weighted by atomic mass is 9.58. The van der Waals surface area contributed by atoms with Crippen molar-refractivity contribution in [3.05, 3.63) is 35.4 Å². The Morgan fingerprint density at radius 3 is 2.95 bits per heavy atom. The van der Waals surface area contributed by atoms with Crippen LogP contribution < -0.4 is 4.74 Å². The van der Waals surface area contributed by atoms with E-state index in [1.165, 1.54) is 49.8 Å². The molecule has 0 radical (unpaired) electrons. The van der Waals surface area contributed by atoms with Crippen molar-refractivity contribution in [2.45, 2.75) is 44.4 Å². The molecule has 0 N–H and O–H groups in total. The summed E-state index contributed by atoms with van der Waals surface area (Å²) in [6.07, 6.45) is 11.5. The summed E-state index contributed by atoms with van der Waals surface area (Å²) >= 11 is 0. The highest BCUT2D eigenvalue weighted by Gasteiger charge is 2.43. The number of fused-ring (bicyclic) bond motifs is 3. The summed E-state index contributed by atoms with van der Waals surface area (Å²) in [7, 11) is 4.01. The van der Waals surface area contributed by atoms with Crippen LogP contribution in [0.1, 0.15) is 50.2 Å². The number of nitrogens with zero attached hydrogens (tertiary/aromatic N) is 1. The highest BCUT2D eigenvalue weighted by Crippen LogP contribution is 2.51. The second-order valence-electron chi connectivity index (χ2n) is 6.97. The average molecular weight is 299 g/mol. The fraction of sp³-hybridized carbons (Fsp3) is 0.600. The van der Waals surface area contributed by atoms with E-state index in [1.54, 1.807) is 7.11 Å². The molecular formula is C20H29NO. The Morgan fingerprint density at radius 1 is 1.32 bits per heavy atom. The molecule has 3 rings (SSSR count). The van der Waals surface area contributed by atoms with E-state index in [0.29, 0.717) is 11.3 Å². The standard InChI is InChI=1S/C20H29NO/c1-4-21(2)14-13-20-12-6-5-7-17(20)10-8-16-9-11-18(22-3)15-19(16)20/h8-11,15,17H,4-7,12-14H2,1-3H3/t17-,20+/m1/s1. The molecule has 0 heterocycles. The van der Waals surface area contributed by atoms with E-state index < -0.39 is 0 Å². The number of allylic oxidation sites excluding steroid dienone is 1. The van der Waals surface area contributed by atoms with Crippen LogP contribution in [0.4, 0.5) is 0 Å². The van der Waals surface area contributed by atoms with Crippen LogP contribution in [0, 0.1) is 5.92 Å². The largest absolute Gasteiger partial charge is 0.497 e. The Balaban J connectivity index is 2.00. The molecule has 2 nitrogen and oxygen atoms in total. The van der Waals surface area contributed by atoms with Crippen LogP contribution in [0.3, 0.4) is 0 Å². The van der Waals surface area contributed by atoms with Gasteiger partial charge in [-0.05, 0) is 68.6 Å². The molecule has 0 saturated heterocycles. The summed E-state index contributed by atoms with van der Waals surface area (Å²) in [6.45, 7) is 4.55. The van der Waals surface area contributed by atoms with Gasteiger partial charge in [-0.3, -0.25) is 0 Å². The van der Waals surface area contributed by atoms with Gasteiger partial charge >= 0.3 is 0 Å². The summed E-state index contributed by atoms with van der Waals surface area (Å²) in [5.41, 5.74) is 3.25. The molecule has 0 bridgehead atoms. The van der Waals surface area contributed by atoms with Crippen molar-refractivity contribution in [1.29, 1.82) is 0 Å². The highest BCUT2D eigenvalue weighted by atomic mass is 16.5. The minimum absolute atomic E-state index is 0.320. The van der Waals surface area contributed by atoms with Crippen molar-refractivity contribution >= 4 is 6.08 Å². The Bertz CT molecular complexity index is 551. The molecule has 2 atom stereocenters. The SMILES string of the molecule is CCN(C)CC[C@@]12CCCC[C@@H]1C=Cc1ccc(OC)cc12. The maximum absolute atomic E-state index is 5.52. The predicted molar refractivity (Wildman–Crippen MR) is 93.5 cm³/mol. The number of rotatable bonds is 5. The third-order valence-electron chi connectivity index (χ3n) is 5.88. The van der Waals surface area contributed by atoms with Crippen LogP contribution in [-0.2, 0) is 5.41 Å². The van der Waals surface area contributed by atoms with Crippen LogP contribution in [0.15, 0.2) is 24.3 Å². The predicted octanol–water partition coefficient (Wildman–Crippen LogP) is 4.49. The molecule has 2 heteroatoms. The molecule has 0 aromatic heterocycles. The number of benzene rings is 1. The lowest BCUT2D eigenvalue weighted by molar-refractivity contribution is 0.181. The fourth-order valence-electron chi connectivity index (χ4n) is 4.33. The molecule has 1 aromatic rings. The fourth-order valence-corrected chi connectivity index (χ4v) is 4.33. The lowest BCUT2D eigenvalue weighted by Crippen LogP contribution is -2.42. The lowest BCUT2D eigenvalue weighted by Gasteiger charge is -2.47. The van der Waals surface area contributed by atoms with Gasteiger partial charge < -0.3 is 9.64 Å². The minimum Gasteiger partial charge on any atom is -0.497 e. The molecule has 0 unspecified atom stereocenters. The van der Waals surface area contributed by atoms with Gasteiger partial charge in [0.25, 0.3) is 0 Å². The van der Waals surface area contributed by atoms with Crippen LogP contribution >= 0.6 is 0 Å². The second kappa shape index (κ2) is 6.45. The minimum atomic E-state index is 0.320. The highest BCUT2D eigenvalue weighted by molar-refractivity contribution is 5.62. The molecule has 2 aliphatic carbocycles. The maximum Gasteiger partial charge on any atom is 0.119 e. The van der Waals surface area contributed by atoms with Crippen molar-refractivity contribution in [1.82, 2.24) is 4.90 Å². The van der Waals surface area contributed by atoms with E-state index in [2.05, 4.69) is 49.2 Å². The average Bonchev–Trinajstić information content (AvgIpc) is 2.59. The van der Waals surface area contributed by atoms with Crippen molar-refractivity contribution in [3.63, 3.8) is 0 Å². The molecule has 1 saturated carbocycles. The van der Waals surface area contributed by atoms with Gasteiger partial charge in [-0.1, -0.05) is 38.0 Å². The zero-order chi connectivity index (χ0) is 15.6. The molecule has 0 spiro atoms. The monoisotopic (exact) mass is 299 g/mol. The number of hydrogen-bond acceptors (Lipinski definition) is 2. The summed E-state index contributed by atoms with van der Waals surface area (Å²) in [4.78, 5) is 2.44. The van der Waals surface area contributed by atoms with Gasteiger partial charge in [0.05, 0.1) is 7.11 Å². The molecule has 22 heavy (non-hydrogen) atoms. The molecule has 2 aliphatic rings. The van der Waals surface area contributed by atoms with Crippen LogP contribution in [0.2, 0.25) is 0 Å². The van der Waals surface area contributed by atoms with Crippen molar-refractivity contribution < 1.29 is 4.74 Å². The van der Waals surface area contributed by atoms with E-state index >= 15 is 0 Å². The maximum atomic E-state index is 5.52. The second-order valence-corrected chi connectivity index (χ2v) is 6.97. The first kappa shape index (κ1) is 15.6. The van der Waals surface area contributed by atoms with Gasteiger partial charge in [-0.25, -0.2) is 0 Å². The third kappa shape index (κ3) is 2.69. The number of hydrogen-bond donors (Lipinski definition) is 0. The number of methoxy groups -OCH3 is 1. The van der Waals surface area contributed by atoms with Gasteiger partial charge in [0.2, 0.25) is 0 Å². The molecule has 1 aromatic carbocycles. The smallest absolute Gasteiger partial charge is 0.119 e. The van der Waals surface area contributed by atoms with Crippen molar-refractivity contribution in [2.24, 2.45) is 5.92 Å². The zero-order valence-electron chi connectivity index (χ0n) is 14.3.